The highest BCUT2D eigenvalue weighted by atomic mass is 32.2. The Morgan fingerprint density at radius 3 is 2.60 bits per heavy atom. The summed E-state index contributed by atoms with van der Waals surface area (Å²) < 4.78 is 18.7. The van der Waals surface area contributed by atoms with Gasteiger partial charge in [-0.1, -0.05) is 56.9 Å². The Labute approximate surface area is 155 Å². The first-order valence-electron chi connectivity index (χ1n) is 10.0. The summed E-state index contributed by atoms with van der Waals surface area (Å²) in [5.41, 5.74) is 4.42. The maximum atomic E-state index is 12.8. The van der Waals surface area contributed by atoms with Crippen LogP contribution < -0.4 is 0 Å². The lowest BCUT2D eigenvalue weighted by Gasteiger charge is -2.37. The minimum absolute atomic E-state index is 0.124. The van der Waals surface area contributed by atoms with Crippen LogP contribution in [0.3, 0.4) is 0 Å². The van der Waals surface area contributed by atoms with Crippen LogP contribution in [0, 0.1) is 5.41 Å². The number of fused-ring (bicyclic) bond motifs is 1. The molecule has 1 aliphatic heterocycles. The van der Waals surface area contributed by atoms with E-state index in [4.69, 9.17) is 4.18 Å². The maximum Gasteiger partial charge on any atom is 0.189 e. The molecule has 2 nitrogen and oxygen atoms in total. The van der Waals surface area contributed by atoms with Crippen LogP contribution in [0.25, 0.3) is 5.57 Å². The second-order valence-electron chi connectivity index (χ2n) is 7.77. The molecule has 1 aliphatic carbocycles. The van der Waals surface area contributed by atoms with Gasteiger partial charge < -0.3 is 0 Å². The molecule has 0 radical (unpaired) electrons. The zero-order valence-corrected chi connectivity index (χ0v) is 16.6. The predicted octanol–water partition coefficient (Wildman–Crippen LogP) is 6.43. The van der Waals surface area contributed by atoms with E-state index in [1.54, 1.807) is 5.57 Å². The van der Waals surface area contributed by atoms with Crippen molar-refractivity contribution in [2.75, 3.05) is 6.61 Å². The van der Waals surface area contributed by atoms with Gasteiger partial charge in [-0.2, -0.15) is 0 Å². The summed E-state index contributed by atoms with van der Waals surface area (Å²) >= 11 is -1.36. The third-order valence-corrected chi connectivity index (χ3v) is 7.16. The molecule has 3 rings (SSSR count). The Morgan fingerprint density at radius 1 is 1.12 bits per heavy atom. The average molecular weight is 361 g/mol. The first kappa shape index (κ1) is 18.8. The first-order valence-corrected chi connectivity index (χ1v) is 11.1. The monoisotopic (exact) mass is 360 g/mol. The zero-order valence-electron chi connectivity index (χ0n) is 15.8. The van der Waals surface area contributed by atoms with Crippen LogP contribution in [-0.4, -0.2) is 10.8 Å². The van der Waals surface area contributed by atoms with Crippen molar-refractivity contribution in [3.8, 4) is 0 Å². The first-order chi connectivity index (χ1) is 12.2. The van der Waals surface area contributed by atoms with Gasteiger partial charge in [0.05, 0.1) is 11.5 Å². The van der Waals surface area contributed by atoms with E-state index in [1.165, 1.54) is 56.1 Å². The van der Waals surface area contributed by atoms with Gasteiger partial charge in [-0.3, -0.25) is 4.18 Å². The standard InChI is InChI=1S/C22H32O2S/c1-3-5-15-22(4-2)16-20(18-11-7-6-8-12-18)19-13-9-10-14-21(19)25(23)24-17-22/h9-10,13-14H,3-8,11-12,15-17H2,1-2H3. The number of allylic oxidation sites excluding steroid dienone is 2. The number of rotatable bonds is 4. The van der Waals surface area contributed by atoms with Gasteiger partial charge in [-0.05, 0) is 67.6 Å². The van der Waals surface area contributed by atoms with Gasteiger partial charge in [0.1, 0.15) is 0 Å². The van der Waals surface area contributed by atoms with Crippen LogP contribution in [-0.2, 0) is 15.3 Å². The van der Waals surface area contributed by atoms with Gasteiger partial charge in [0.2, 0.25) is 0 Å². The lowest BCUT2D eigenvalue weighted by molar-refractivity contribution is 0.138. The van der Waals surface area contributed by atoms with Crippen molar-refractivity contribution in [2.45, 2.75) is 83.0 Å². The summed E-state index contributed by atoms with van der Waals surface area (Å²) in [6.45, 7) is 5.14. The van der Waals surface area contributed by atoms with Crippen molar-refractivity contribution < 1.29 is 8.39 Å². The molecule has 25 heavy (non-hydrogen) atoms. The van der Waals surface area contributed by atoms with E-state index in [0.29, 0.717) is 6.61 Å². The molecule has 0 spiro atoms. The van der Waals surface area contributed by atoms with Crippen molar-refractivity contribution >= 4 is 16.7 Å². The fourth-order valence-electron chi connectivity index (χ4n) is 4.34. The number of hydrogen-bond acceptors (Lipinski definition) is 2. The van der Waals surface area contributed by atoms with E-state index < -0.39 is 11.1 Å². The summed E-state index contributed by atoms with van der Waals surface area (Å²) in [7, 11) is 0. The van der Waals surface area contributed by atoms with Gasteiger partial charge in [-0.15, -0.1) is 0 Å². The summed E-state index contributed by atoms with van der Waals surface area (Å²) in [5.74, 6) is 0. The lowest BCUT2D eigenvalue weighted by Crippen LogP contribution is -2.30. The van der Waals surface area contributed by atoms with Gasteiger partial charge in [-0.25, -0.2) is 4.21 Å². The lowest BCUT2D eigenvalue weighted by atomic mass is 9.72. The van der Waals surface area contributed by atoms with E-state index >= 15 is 0 Å². The molecule has 1 saturated carbocycles. The normalized spacial score (nSPS) is 27.5. The highest BCUT2D eigenvalue weighted by Crippen LogP contribution is 2.45. The molecule has 1 heterocycles. The minimum Gasteiger partial charge on any atom is -0.286 e. The van der Waals surface area contributed by atoms with E-state index in [9.17, 15) is 4.21 Å². The summed E-state index contributed by atoms with van der Waals surface area (Å²) in [6, 6.07) is 8.22. The second-order valence-corrected chi connectivity index (χ2v) is 8.91. The van der Waals surface area contributed by atoms with Gasteiger partial charge in [0.25, 0.3) is 0 Å². The molecule has 1 aromatic rings. The number of hydrogen-bond donors (Lipinski definition) is 0. The number of unbranched alkanes of at least 4 members (excludes halogenated alkanes) is 1. The van der Waals surface area contributed by atoms with Crippen LogP contribution >= 0.6 is 0 Å². The Kier molecular flexibility index (Phi) is 6.51. The SMILES string of the molecule is CCCCC1(CC)COS(=O)c2ccccc2C(=C2CCCCC2)C1. The fourth-order valence-corrected chi connectivity index (χ4v) is 5.38. The molecule has 138 valence electrons. The molecule has 1 aromatic carbocycles. The summed E-state index contributed by atoms with van der Waals surface area (Å²) in [6.07, 6.45) is 12.1. The Morgan fingerprint density at radius 2 is 1.88 bits per heavy atom. The highest BCUT2D eigenvalue weighted by molar-refractivity contribution is 7.80. The molecule has 0 bridgehead atoms. The molecule has 0 aromatic heterocycles. The Bertz CT molecular complexity index is 641. The summed E-state index contributed by atoms with van der Waals surface area (Å²) in [5, 5.41) is 0. The minimum atomic E-state index is -1.36. The quantitative estimate of drug-likeness (QED) is 0.618. The third kappa shape index (κ3) is 4.25. The van der Waals surface area contributed by atoms with Crippen LogP contribution in [0.4, 0.5) is 0 Å². The molecule has 3 heteroatoms. The third-order valence-electron chi connectivity index (χ3n) is 6.11. The smallest absolute Gasteiger partial charge is 0.189 e. The van der Waals surface area contributed by atoms with Crippen LogP contribution in [0.5, 0.6) is 0 Å². The van der Waals surface area contributed by atoms with Gasteiger partial charge in [0.15, 0.2) is 11.1 Å². The van der Waals surface area contributed by atoms with Crippen molar-refractivity contribution in [2.24, 2.45) is 5.41 Å². The van der Waals surface area contributed by atoms with Crippen molar-refractivity contribution in [3.05, 3.63) is 35.4 Å². The molecule has 2 unspecified atom stereocenters. The summed E-state index contributed by atoms with van der Waals surface area (Å²) in [4.78, 5) is 0.871. The van der Waals surface area contributed by atoms with Crippen molar-refractivity contribution in [3.63, 3.8) is 0 Å². The van der Waals surface area contributed by atoms with Gasteiger partial charge in [0, 0.05) is 0 Å². The number of benzene rings is 1. The van der Waals surface area contributed by atoms with Crippen molar-refractivity contribution in [1.29, 1.82) is 0 Å². The molecular formula is C22H32O2S. The highest BCUT2D eigenvalue weighted by Gasteiger charge is 2.35. The van der Waals surface area contributed by atoms with E-state index in [-0.39, 0.29) is 5.41 Å². The van der Waals surface area contributed by atoms with Crippen molar-refractivity contribution in [1.82, 2.24) is 0 Å². The molecule has 2 aliphatic rings. The van der Waals surface area contributed by atoms with E-state index in [1.807, 2.05) is 12.1 Å². The molecule has 2 atom stereocenters. The van der Waals surface area contributed by atoms with Crippen LogP contribution in [0.15, 0.2) is 34.7 Å². The van der Waals surface area contributed by atoms with Crippen LogP contribution in [0.2, 0.25) is 0 Å². The molecule has 0 amide bonds. The van der Waals surface area contributed by atoms with Gasteiger partial charge >= 0.3 is 0 Å². The Balaban J connectivity index is 2.08. The predicted molar refractivity (Wildman–Crippen MR) is 106 cm³/mol. The largest absolute Gasteiger partial charge is 0.286 e. The topological polar surface area (TPSA) is 26.3 Å². The van der Waals surface area contributed by atoms with Crippen LogP contribution in [0.1, 0.15) is 83.6 Å². The molecule has 0 saturated heterocycles. The molecule has 0 N–H and O–H groups in total. The van der Waals surface area contributed by atoms with E-state index in [0.717, 1.165) is 24.2 Å². The average Bonchev–Trinajstić information content (AvgIpc) is 2.67. The zero-order chi connectivity index (χ0) is 17.7. The Hall–Kier alpha value is -0.930. The fraction of sp³-hybridized carbons (Fsp3) is 0.636. The second kappa shape index (κ2) is 8.64. The molecule has 1 fully saturated rings. The van der Waals surface area contributed by atoms with E-state index in [2.05, 4.69) is 26.0 Å². The maximum absolute atomic E-state index is 12.8. The molecular weight excluding hydrogens is 328 g/mol.